The molecule has 3 aromatic rings. The summed E-state index contributed by atoms with van der Waals surface area (Å²) in [4.78, 5) is 45.6. The summed E-state index contributed by atoms with van der Waals surface area (Å²) in [5.74, 6) is -0.0301. The highest BCUT2D eigenvalue weighted by Gasteiger charge is 2.36. The van der Waals surface area contributed by atoms with Crippen molar-refractivity contribution in [2.75, 3.05) is 19.7 Å². The monoisotopic (exact) mass is 476 g/mol. The SMILES string of the molecule is O=C(CCOc1ccccc1F)N1CCC(c2nccn2CN2C(=O)c3ccccc3C2=O)CC1. The van der Waals surface area contributed by atoms with Gasteiger partial charge in [-0.3, -0.25) is 19.3 Å². The highest BCUT2D eigenvalue weighted by atomic mass is 19.1. The van der Waals surface area contributed by atoms with Crippen molar-refractivity contribution in [3.63, 3.8) is 0 Å². The number of piperidine rings is 1. The van der Waals surface area contributed by atoms with Crippen LogP contribution in [0.25, 0.3) is 0 Å². The Labute approximate surface area is 201 Å². The van der Waals surface area contributed by atoms with Crippen molar-refractivity contribution < 1.29 is 23.5 Å². The number of carbonyl (C=O) groups excluding carboxylic acids is 3. The lowest BCUT2D eigenvalue weighted by molar-refractivity contribution is -0.132. The molecular weight excluding hydrogens is 451 g/mol. The lowest BCUT2D eigenvalue weighted by Crippen LogP contribution is -2.39. The van der Waals surface area contributed by atoms with Gasteiger partial charge >= 0.3 is 0 Å². The molecule has 1 fully saturated rings. The molecule has 180 valence electrons. The molecule has 0 radical (unpaired) electrons. The average Bonchev–Trinajstić information content (AvgIpc) is 3.44. The van der Waals surface area contributed by atoms with E-state index in [1.165, 1.54) is 17.0 Å². The fourth-order valence-corrected chi connectivity index (χ4v) is 4.68. The Morgan fingerprint density at radius 3 is 2.34 bits per heavy atom. The molecule has 1 aromatic heterocycles. The van der Waals surface area contributed by atoms with E-state index < -0.39 is 5.82 Å². The molecule has 8 nitrogen and oxygen atoms in total. The Morgan fingerprint density at radius 2 is 1.66 bits per heavy atom. The molecule has 0 saturated carbocycles. The summed E-state index contributed by atoms with van der Waals surface area (Å²) in [5, 5.41) is 0. The molecule has 35 heavy (non-hydrogen) atoms. The van der Waals surface area contributed by atoms with Gasteiger partial charge in [0.2, 0.25) is 5.91 Å². The van der Waals surface area contributed by atoms with Gasteiger partial charge in [-0.05, 0) is 37.1 Å². The summed E-state index contributed by atoms with van der Waals surface area (Å²) in [6.07, 6.45) is 5.06. The van der Waals surface area contributed by atoms with Crippen molar-refractivity contribution in [2.24, 2.45) is 0 Å². The molecule has 0 N–H and O–H groups in total. The second kappa shape index (κ2) is 9.69. The predicted octanol–water partition coefficient (Wildman–Crippen LogP) is 3.45. The van der Waals surface area contributed by atoms with E-state index in [9.17, 15) is 18.8 Å². The second-order valence-electron chi connectivity index (χ2n) is 8.66. The van der Waals surface area contributed by atoms with Gasteiger partial charge in [0.25, 0.3) is 11.8 Å². The minimum atomic E-state index is -0.447. The van der Waals surface area contributed by atoms with Crippen LogP contribution in [0.5, 0.6) is 5.75 Å². The number of imide groups is 1. The zero-order valence-corrected chi connectivity index (χ0v) is 19.1. The number of imidazole rings is 1. The number of fused-ring (bicyclic) bond motifs is 1. The predicted molar refractivity (Wildman–Crippen MR) is 124 cm³/mol. The Balaban J connectivity index is 1.15. The van der Waals surface area contributed by atoms with Crippen molar-refractivity contribution >= 4 is 17.7 Å². The summed E-state index contributed by atoms with van der Waals surface area (Å²) < 4.78 is 20.9. The Hall–Kier alpha value is -4.01. The van der Waals surface area contributed by atoms with E-state index in [0.29, 0.717) is 24.2 Å². The first-order chi connectivity index (χ1) is 17.0. The fourth-order valence-electron chi connectivity index (χ4n) is 4.68. The number of para-hydroxylation sites is 1. The van der Waals surface area contributed by atoms with E-state index in [1.54, 1.807) is 53.7 Å². The van der Waals surface area contributed by atoms with Crippen LogP contribution in [-0.4, -0.2) is 56.8 Å². The molecular formula is C26H25FN4O4. The topological polar surface area (TPSA) is 84.7 Å². The quantitative estimate of drug-likeness (QED) is 0.488. The average molecular weight is 477 g/mol. The number of aromatic nitrogens is 2. The third-order valence-electron chi connectivity index (χ3n) is 6.54. The Morgan fingerprint density at radius 1 is 1.00 bits per heavy atom. The van der Waals surface area contributed by atoms with E-state index in [0.717, 1.165) is 18.7 Å². The standard InChI is InChI=1S/C26H25FN4O4/c27-21-7-3-4-8-22(21)35-16-11-23(32)29-13-9-18(10-14-29)24-28-12-15-30(24)17-31-25(33)19-5-1-2-6-20(19)26(31)34/h1-8,12,15,18H,9-11,13-14,16-17H2. The number of rotatable bonds is 7. The maximum Gasteiger partial charge on any atom is 0.263 e. The number of amides is 3. The molecule has 3 heterocycles. The first-order valence-electron chi connectivity index (χ1n) is 11.6. The summed E-state index contributed by atoms with van der Waals surface area (Å²) in [7, 11) is 0. The van der Waals surface area contributed by atoms with E-state index in [4.69, 9.17) is 4.74 Å². The van der Waals surface area contributed by atoms with Crippen LogP contribution >= 0.6 is 0 Å². The van der Waals surface area contributed by atoms with Gasteiger partial charge in [0.15, 0.2) is 11.6 Å². The second-order valence-corrected chi connectivity index (χ2v) is 8.66. The van der Waals surface area contributed by atoms with Crippen molar-refractivity contribution in [2.45, 2.75) is 31.8 Å². The third-order valence-corrected chi connectivity index (χ3v) is 6.54. The molecule has 3 amide bonds. The van der Waals surface area contributed by atoms with Crippen LogP contribution in [0.3, 0.4) is 0 Å². The largest absolute Gasteiger partial charge is 0.490 e. The molecule has 2 aliphatic rings. The molecule has 5 rings (SSSR count). The molecule has 0 spiro atoms. The zero-order valence-electron chi connectivity index (χ0n) is 19.1. The first kappa shape index (κ1) is 22.8. The summed E-state index contributed by atoms with van der Waals surface area (Å²) >= 11 is 0. The maximum absolute atomic E-state index is 13.7. The lowest BCUT2D eigenvalue weighted by Gasteiger charge is -2.32. The van der Waals surface area contributed by atoms with E-state index in [1.807, 2.05) is 4.57 Å². The van der Waals surface area contributed by atoms with Gasteiger partial charge < -0.3 is 14.2 Å². The first-order valence-corrected chi connectivity index (χ1v) is 11.6. The molecule has 2 aliphatic heterocycles. The van der Waals surface area contributed by atoms with Gasteiger partial charge in [0, 0.05) is 31.4 Å². The smallest absolute Gasteiger partial charge is 0.263 e. The van der Waals surface area contributed by atoms with Crippen molar-refractivity contribution in [1.82, 2.24) is 19.4 Å². The van der Waals surface area contributed by atoms with E-state index in [2.05, 4.69) is 4.98 Å². The number of hydrogen-bond donors (Lipinski definition) is 0. The molecule has 0 atom stereocenters. The normalized spacial score (nSPS) is 16.0. The minimum Gasteiger partial charge on any atom is -0.490 e. The van der Waals surface area contributed by atoms with Crippen LogP contribution in [0.1, 0.15) is 51.7 Å². The zero-order chi connectivity index (χ0) is 24.4. The van der Waals surface area contributed by atoms with Crippen LogP contribution in [0.4, 0.5) is 4.39 Å². The number of benzene rings is 2. The van der Waals surface area contributed by atoms with Gasteiger partial charge in [0.1, 0.15) is 12.5 Å². The van der Waals surface area contributed by atoms with Crippen LogP contribution in [-0.2, 0) is 11.5 Å². The number of halogens is 1. The highest BCUT2D eigenvalue weighted by molar-refractivity contribution is 6.21. The molecule has 9 heteroatoms. The van der Waals surface area contributed by atoms with Gasteiger partial charge in [-0.1, -0.05) is 24.3 Å². The molecule has 0 bridgehead atoms. The van der Waals surface area contributed by atoms with Gasteiger partial charge in [-0.2, -0.15) is 0 Å². The van der Waals surface area contributed by atoms with Crippen molar-refractivity contribution in [3.8, 4) is 5.75 Å². The number of ether oxygens (including phenoxy) is 1. The third kappa shape index (κ3) is 4.53. The van der Waals surface area contributed by atoms with E-state index >= 15 is 0 Å². The van der Waals surface area contributed by atoms with Crippen LogP contribution in [0, 0.1) is 5.82 Å². The van der Waals surface area contributed by atoms with Crippen LogP contribution in [0.15, 0.2) is 60.9 Å². The van der Waals surface area contributed by atoms with Crippen molar-refractivity contribution in [1.29, 1.82) is 0 Å². The number of nitrogens with zero attached hydrogens (tertiary/aromatic N) is 4. The van der Waals surface area contributed by atoms with Gasteiger partial charge in [-0.25, -0.2) is 9.37 Å². The number of carbonyl (C=O) groups is 3. The van der Waals surface area contributed by atoms with Gasteiger partial charge in [-0.15, -0.1) is 0 Å². The molecule has 1 saturated heterocycles. The van der Waals surface area contributed by atoms with E-state index in [-0.39, 0.29) is 49.1 Å². The van der Waals surface area contributed by atoms with Crippen molar-refractivity contribution in [3.05, 3.63) is 83.7 Å². The highest BCUT2D eigenvalue weighted by Crippen LogP contribution is 2.29. The summed E-state index contributed by atoms with van der Waals surface area (Å²) in [5.41, 5.74) is 0.843. The Bertz CT molecular complexity index is 1230. The van der Waals surface area contributed by atoms with Gasteiger partial charge in [0.05, 0.1) is 24.2 Å². The maximum atomic E-state index is 13.7. The molecule has 2 aromatic carbocycles. The molecule has 0 unspecified atom stereocenters. The summed E-state index contributed by atoms with van der Waals surface area (Å²) in [6, 6.07) is 13.0. The number of hydrogen-bond acceptors (Lipinski definition) is 5. The lowest BCUT2D eigenvalue weighted by atomic mass is 9.95. The summed E-state index contributed by atoms with van der Waals surface area (Å²) in [6.45, 7) is 1.37. The molecule has 0 aliphatic carbocycles. The van der Waals surface area contributed by atoms with Crippen LogP contribution < -0.4 is 4.74 Å². The Kier molecular flexibility index (Phi) is 6.31. The number of likely N-dealkylation sites (tertiary alicyclic amines) is 1. The minimum absolute atomic E-state index is 0.0332. The van der Waals surface area contributed by atoms with Crippen LogP contribution in [0.2, 0.25) is 0 Å². The fraction of sp³-hybridized carbons (Fsp3) is 0.308.